The lowest BCUT2D eigenvalue weighted by atomic mass is 10.2. The summed E-state index contributed by atoms with van der Waals surface area (Å²) >= 11 is 3.35. The van der Waals surface area contributed by atoms with E-state index in [4.69, 9.17) is 5.11 Å². The maximum absolute atomic E-state index is 11.8. The molecule has 21 heavy (non-hydrogen) atoms. The average molecular weight is 347 g/mol. The van der Waals surface area contributed by atoms with E-state index in [0.717, 1.165) is 10.0 Å². The molecular weight excluding hydrogens is 336 g/mol. The van der Waals surface area contributed by atoms with E-state index < -0.39 is 5.97 Å². The summed E-state index contributed by atoms with van der Waals surface area (Å²) in [6.07, 6.45) is 4.37. The lowest BCUT2D eigenvalue weighted by Crippen LogP contribution is -2.09. The molecule has 2 rings (SSSR count). The fourth-order valence-corrected chi connectivity index (χ4v) is 2.01. The molecule has 0 radical (unpaired) electrons. The van der Waals surface area contributed by atoms with Crippen molar-refractivity contribution >= 4 is 39.6 Å². The zero-order chi connectivity index (χ0) is 15.2. The molecule has 6 heteroatoms. The van der Waals surface area contributed by atoms with E-state index in [-0.39, 0.29) is 11.6 Å². The number of carbonyl (C=O) groups is 2. The number of benzene rings is 1. The lowest BCUT2D eigenvalue weighted by molar-refractivity contribution is -0.111. The fraction of sp³-hybridized carbons (Fsp3) is 0. The molecule has 0 aliphatic heterocycles. The number of carboxylic acid groups (broad SMARTS) is 1. The van der Waals surface area contributed by atoms with Gasteiger partial charge in [-0.25, -0.2) is 9.78 Å². The van der Waals surface area contributed by atoms with E-state index in [9.17, 15) is 9.59 Å². The summed E-state index contributed by atoms with van der Waals surface area (Å²) in [7, 11) is 0. The average Bonchev–Trinajstić information content (AvgIpc) is 2.45. The van der Waals surface area contributed by atoms with Crippen LogP contribution in [0.3, 0.4) is 0 Å². The summed E-state index contributed by atoms with van der Waals surface area (Å²) in [5.74, 6) is -1.49. The lowest BCUT2D eigenvalue weighted by Gasteiger charge is -2.02. The first-order chi connectivity index (χ1) is 10.0. The van der Waals surface area contributed by atoms with E-state index in [1.165, 1.54) is 24.4 Å². The van der Waals surface area contributed by atoms with Gasteiger partial charge in [-0.2, -0.15) is 0 Å². The van der Waals surface area contributed by atoms with Crippen LogP contribution in [0.15, 0.2) is 53.1 Å². The van der Waals surface area contributed by atoms with Crippen molar-refractivity contribution in [2.45, 2.75) is 0 Å². The van der Waals surface area contributed by atoms with Gasteiger partial charge < -0.3 is 10.4 Å². The molecule has 0 aliphatic carbocycles. The Bertz CT molecular complexity index is 714. The Morgan fingerprint density at radius 2 is 2.05 bits per heavy atom. The minimum absolute atomic E-state index is 0.122. The van der Waals surface area contributed by atoms with E-state index in [1.54, 1.807) is 6.08 Å². The van der Waals surface area contributed by atoms with Gasteiger partial charge in [0.1, 0.15) is 5.69 Å². The molecule has 0 aliphatic rings. The van der Waals surface area contributed by atoms with Crippen molar-refractivity contribution in [3.63, 3.8) is 0 Å². The summed E-state index contributed by atoms with van der Waals surface area (Å²) in [4.78, 5) is 26.2. The highest BCUT2D eigenvalue weighted by Gasteiger charge is 2.06. The Balaban J connectivity index is 2.05. The molecule has 0 unspecified atom stereocenters. The molecule has 0 saturated carbocycles. The quantitative estimate of drug-likeness (QED) is 0.833. The van der Waals surface area contributed by atoms with Crippen molar-refractivity contribution in [1.29, 1.82) is 0 Å². The fourth-order valence-electron chi connectivity index (χ4n) is 1.59. The van der Waals surface area contributed by atoms with Crippen LogP contribution in [0, 0.1) is 0 Å². The first kappa shape index (κ1) is 14.9. The van der Waals surface area contributed by atoms with E-state index in [1.807, 2.05) is 24.3 Å². The number of carboxylic acids is 1. The summed E-state index contributed by atoms with van der Waals surface area (Å²) in [5.41, 5.74) is 1.13. The number of hydrogen-bond donors (Lipinski definition) is 2. The van der Waals surface area contributed by atoms with E-state index in [0.29, 0.717) is 5.69 Å². The topological polar surface area (TPSA) is 79.3 Å². The van der Waals surface area contributed by atoms with Gasteiger partial charge in [-0.3, -0.25) is 4.79 Å². The van der Waals surface area contributed by atoms with Crippen LogP contribution in [0.25, 0.3) is 6.08 Å². The molecule has 5 nitrogen and oxygen atoms in total. The van der Waals surface area contributed by atoms with Crippen LogP contribution in [0.2, 0.25) is 0 Å². The number of pyridine rings is 1. The first-order valence-corrected chi connectivity index (χ1v) is 6.78. The minimum atomic E-state index is -1.14. The predicted molar refractivity (Wildman–Crippen MR) is 83.0 cm³/mol. The number of nitrogens with one attached hydrogen (secondary N) is 1. The summed E-state index contributed by atoms with van der Waals surface area (Å²) < 4.78 is 0.922. The SMILES string of the molecule is O=C(C=Cc1cccc(Br)c1)Nc1ccnc(C(=O)O)c1. The van der Waals surface area contributed by atoms with Gasteiger partial charge in [-0.1, -0.05) is 28.1 Å². The van der Waals surface area contributed by atoms with Gasteiger partial charge in [-0.15, -0.1) is 0 Å². The highest BCUT2D eigenvalue weighted by molar-refractivity contribution is 9.10. The van der Waals surface area contributed by atoms with Crippen LogP contribution < -0.4 is 5.32 Å². The number of rotatable bonds is 4. The Morgan fingerprint density at radius 3 is 2.76 bits per heavy atom. The number of hydrogen-bond acceptors (Lipinski definition) is 3. The highest BCUT2D eigenvalue weighted by Crippen LogP contribution is 2.13. The van der Waals surface area contributed by atoms with Crippen molar-refractivity contribution in [2.75, 3.05) is 5.32 Å². The molecule has 1 aromatic carbocycles. The van der Waals surface area contributed by atoms with Gasteiger partial charge in [-0.05, 0) is 35.9 Å². The van der Waals surface area contributed by atoms with Gasteiger partial charge in [0.2, 0.25) is 5.91 Å². The van der Waals surface area contributed by atoms with E-state index >= 15 is 0 Å². The number of carbonyl (C=O) groups excluding carboxylic acids is 1. The molecule has 106 valence electrons. The second kappa shape index (κ2) is 6.81. The summed E-state index contributed by atoms with van der Waals surface area (Å²) in [6.45, 7) is 0. The molecular formula is C15H11BrN2O3. The molecule has 0 fully saturated rings. The van der Waals surface area contributed by atoms with Crippen LogP contribution in [0.4, 0.5) is 5.69 Å². The van der Waals surface area contributed by atoms with Crippen molar-refractivity contribution in [3.8, 4) is 0 Å². The summed E-state index contributed by atoms with van der Waals surface area (Å²) in [5, 5.41) is 11.4. The number of nitrogens with zero attached hydrogens (tertiary/aromatic N) is 1. The van der Waals surface area contributed by atoms with Gasteiger partial charge in [0.25, 0.3) is 0 Å². The van der Waals surface area contributed by atoms with Gasteiger partial charge >= 0.3 is 5.97 Å². The smallest absolute Gasteiger partial charge is 0.354 e. The Morgan fingerprint density at radius 1 is 1.24 bits per heavy atom. The zero-order valence-corrected chi connectivity index (χ0v) is 12.4. The maximum atomic E-state index is 11.8. The molecule has 1 aromatic heterocycles. The van der Waals surface area contributed by atoms with Gasteiger partial charge in [0.05, 0.1) is 0 Å². The second-order valence-corrected chi connectivity index (χ2v) is 5.03. The Labute approximate surface area is 129 Å². The molecule has 0 spiro atoms. The van der Waals surface area contributed by atoms with Crippen LogP contribution >= 0.6 is 15.9 Å². The number of halogens is 1. The molecule has 1 heterocycles. The maximum Gasteiger partial charge on any atom is 0.354 e. The Hall–Kier alpha value is -2.47. The molecule has 0 atom stereocenters. The minimum Gasteiger partial charge on any atom is -0.477 e. The molecule has 0 saturated heterocycles. The number of aromatic nitrogens is 1. The standard InChI is InChI=1S/C15H11BrN2O3/c16-11-3-1-2-10(8-11)4-5-14(19)18-12-6-7-17-13(9-12)15(20)21/h1-9H,(H,20,21)(H,17,18,19). The molecule has 2 N–H and O–H groups in total. The van der Waals surface area contributed by atoms with Crippen molar-refractivity contribution in [2.24, 2.45) is 0 Å². The van der Waals surface area contributed by atoms with Crippen molar-refractivity contribution < 1.29 is 14.7 Å². The van der Waals surface area contributed by atoms with Crippen LogP contribution in [0.5, 0.6) is 0 Å². The third-order valence-corrected chi connectivity index (χ3v) is 3.02. The van der Waals surface area contributed by atoms with Crippen molar-refractivity contribution in [1.82, 2.24) is 4.98 Å². The zero-order valence-electron chi connectivity index (χ0n) is 10.8. The Kier molecular flexibility index (Phi) is 4.84. The van der Waals surface area contributed by atoms with E-state index in [2.05, 4.69) is 26.2 Å². The predicted octanol–water partition coefficient (Wildman–Crippen LogP) is 3.19. The second-order valence-electron chi connectivity index (χ2n) is 4.11. The van der Waals surface area contributed by atoms with Crippen LogP contribution in [-0.2, 0) is 4.79 Å². The third-order valence-electron chi connectivity index (χ3n) is 2.52. The van der Waals surface area contributed by atoms with Gasteiger partial charge in [0, 0.05) is 22.4 Å². The molecule has 0 bridgehead atoms. The number of anilines is 1. The summed E-state index contributed by atoms with van der Waals surface area (Å²) in [6, 6.07) is 10.3. The van der Waals surface area contributed by atoms with Crippen molar-refractivity contribution in [3.05, 3.63) is 64.4 Å². The monoisotopic (exact) mass is 346 g/mol. The van der Waals surface area contributed by atoms with Gasteiger partial charge in [0.15, 0.2) is 0 Å². The molecule has 2 aromatic rings. The molecule has 1 amide bonds. The van der Waals surface area contributed by atoms with Crippen LogP contribution in [-0.4, -0.2) is 22.0 Å². The normalized spacial score (nSPS) is 10.5. The number of aromatic carboxylic acids is 1. The highest BCUT2D eigenvalue weighted by atomic mass is 79.9. The number of amides is 1. The first-order valence-electron chi connectivity index (χ1n) is 5.98. The third kappa shape index (κ3) is 4.54. The van der Waals surface area contributed by atoms with Crippen LogP contribution in [0.1, 0.15) is 16.1 Å². The largest absolute Gasteiger partial charge is 0.477 e.